The van der Waals surface area contributed by atoms with Crippen molar-refractivity contribution in [1.82, 2.24) is 9.62 Å². The summed E-state index contributed by atoms with van der Waals surface area (Å²) in [6.07, 6.45) is 3.32. The van der Waals surface area contributed by atoms with Gasteiger partial charge in [-0.15, -0.1) is 12.4 Å². The van der Waals surface area contributed by atoms with Gasteiger partial charge < -0.3 is 11.1 Å². The van der Waals surface area contributed by atoms with Crippen LogP contribution in [0.2, 0.25) is 0 Å². The number of nitrogens with two attached hydrogens (primary N) is 1. The molecule has 2 rings (SSSR count). The molecule has 0 aromatic heterocycles. The second-order valence-corrected chi connectivity index (χ2v) is 9.30. The monoisotopic (exact) mass is 417 g/mol. The Labute approximate surface area is 169 Å². The number of halogens is 1. The molecular weight excluding hydrogens is 386 g/mol. The smallest absolute Gasteiger partial charge is 0.251 e. The number of nitrogens with one attached hydrogen (secondary N) is 1. The van der Waals surface area contributed by atoms with Gasteiger partial charge in [0.25, 0.3) is 5.91 Å². The second-order valence-electron chi connectivity index (χ2n) is 7.36. The van der Waals surface area contributed by atoms with E-state index in [1.165, 1.54) is 16.4 Å². The summed E-state index contributed by atoms with van der Waals surface area (Å²) in [5.74, 6) is 0.325. The molecule has 154 valence electrons. The number of sulfonamides is 1. The van der Waals surface area contributed by atoms with Crippen LogP contribution in [0.15, 0.2) is 29.2 Å². The van der Waals surface area contributed by atoms with Crippen molar-refractivity contribution in [2.24, 2.45) is 11.7 Å². The van der Waals surface area contributed by atoms with Gasteiger partial charge in [0, 0.05) is 30.7 Å². The summed E-state index contributed by atoms with van der Waals surface area (Å²) in [7, 11) is -3.49. The third-order valence-electron chi connectivity index (χ3n) is 5.51. The summed E-state index contributed by atoms with van der Waals surface area (Å²) < 4.78 is 27.0. The normalized spacial score (nSPS) is 16.6. The van der Waals surface area contributed by atoms with Gasteiger partial charge >= 0.3 is 0 Å². The zero-order chi connectivity index (χ0) is 19.4. The maximum absolute atomic E-state index is 12.7. The molecular formula is C19H32ClN3O3S. The molecule has 0 saturated carbocycles. The zero-order valence-corrected chi connectivity index (χ0v) is 18.0. The molecule has 1 aliphatic heterocycles. The molecule has 0 bridgehead atoms. The van der Waals surface area contributed by atoms with E-state index < -0.39 is 15.6 Å². The van der Waals surface area contributed by atoms with Crippen LogP contribution in [0.4, 0.5) is 0 Å². The van der Waals surface area contributed by atoms with Gasteiger partial charge in [-0.2, -0.15) is 4.31 Å². The maximum atomic E-state index is 12.7. The third-order valence-corrected chi connectivity index (χ3v) is 7.42. The standard InChI is InChI=1S/C19H31N3O3S.ClH/c1-4-19(20,5-2)14-21-18(23)16-6-8-17(9-7-16)26(24,25)22-12-10-15(3)11-13-22;/h6-9,15H,4-5,10-14,20H2,1-3H3,(H,21,23);1H. The van der Waals surface area contributed by atoms with Gasteiger partial charge in [0.05, 0.1) is 4.90 Å². The number of hydrogen-bond donors (Lipinski definition) is 2. The van der Waals surface area contributed by atoms with Crippen molar-refractivity contribution >= 4 is 28.3 Å². The fraction of sp³-hybridized carbons (Fsp3) is 0.632. The van der Waals surface area contributed by atoms with E-state index in [1.807, 2.05) is 13.8 Å². The Morgan fingerprint density at radius 2 is 1.70 bits per heavy atom. The van der Waals surface area contributed by atoms with Gasteiger partial charge in [0.1, 0.15) is 0 Å². The molecule has 1 aliphatic rings. The lowest BCUT2D eigenvalue weighted by Gasteiger charge is -2.29. The van der Waals surface area contributed by atoms with Gasteiger partial charge in [-0.3, -0.25) is 4.79 Å². The molecule has 0 spiro atoms. The fourth-order valence-electron chi connectivity index (χ4n) is 3.01. The Morgan fingerprint density at radius 1 is 1.19 bits per heavy atom. The highest BCUT2D eigenvalue weighted by Crippen LogP contribution is 2.23. The van der Waals surface area contributed by atoms with E-state index in [0.29, 0.717) is 31.1 Å². The lowest BCUT2D eigenvalue weighted by molar-refractivity contribution is 0.0942. The van der Waals surface area contributed by atoms with Crippen LogP contribution in [0.3, 0.4) is 0 Å². The number of nitrogens with zero attached hydrogens (tertiary/aromatic N) is 1. The van der Waals surface area contributed by atoms with Crippen LogP contribution in [0.1, 0.15) is 56.8 Å². The minimum absolute atomic E-state index is 0. The first-order valence-electron chi connectivity index (χ1n) is 9.39. The number of rotatable bonds is 7. The molecule has 3 N–H and O–H groups in total. The molecule has 1 heterocycles. The Kier molecular flexibility index (Phi) is 8.73. The number of amides is 1. The Hall–Kier alpha value is -1.15. The molecule has 1 saturated heterocycles. The van der Waals surface area contributed by atoms with E-state index in [-0.39, 0.29) is 23.2 Å². The SMILES string of the molecule is CCC(N)(CC)CNC(=O)c1ccc(S(=O)(=O)N2CCC(C)CC2)cc1.Cl. The highest BCUT2D eigenvalue weighted by atomic mass is 35.5. The number of hydrogen-bond acceptors (Lipinski definition) is 4. The van der Waals surface area contributed by atoms with Crippen molar-refractivity contribution in [3.8, 4) is 0 Å². The average molecular weight is 418 g/mol. The van der Waals surface area contributed by atoms with Crippen molar-refractivity contribution < 1.29 is 13.2 Å². The summed E-state index contributed by atoms with van der Waals surface area (Å²) in [5.41, 5.74) is 6.22. The molecule has 1 aromatic rings. The second kappa shape index (κ2) is 9.87. The molecule has 8 heteroatoms. The van der Waals surface area contributed by atoms with Crippen LogP contribution < -0.4 is 11.1 Å². The highest BCUT2D eigenvalue weighted by Gasteiger charge is 2.28. The van der Waals surface area contributed by atoms with Gasteiger partial charge in [-0.1, -0.05) is 20.8 Å². The summed E-state index contributed by atoms with van der Waals surface area (Å²) in [6.45, 7) is 7.64. The number of piperidine rings is 1. The minimum atomic E-state index is -3.49. The summed E-state index contributed by atoms with van der Waals surface area (Å²) >= 11 is 0. The first kappa shape index (κ1) is 23.9. The van der Waals surface area contributed by atoms with Crippen molar-refractivity contribution in [1.29, 1.82) is 0 Å². The molecule has 1 amide bonds. The van der Waals surface area contributed by atoms with Gasteiger partial charge in [0.15, 0.2) is 0 Å². The van der Waals surface area contributed by atoms with Gasteiger partial charge in [0.2, 0.25) is 10.0 Å². The lowest BCUT2D eigenvalue weighted by atomic mass is 9.94. The van der Waals surface area contributed by atoms with E-state index in [2.05, 4.69) is 12.2 Å². The summed E-state index contributed by atoms with van der Waals surface area (Å²) in [4.78, 5) is 12.5. The maximum Gasteiger partial charge on any atom is 0.251 e. The van der Waals surface area contributed by atoms with Crippen LogP contribution in [0.5, 0.6) is 0 Å². The number of benzene rings is 1. The first-order valence-corrected chi connectivity index (χ1v) is 10.8. The van der Waals surface area contributed by atoms with Crippen molar-refractivity contribution in [2.45, 2.75) is 56.9 Å². The predicted octanol–water partition coefficient (Wildman–Crippen LogP) is 2.78. The quantitative estimate of drug-likeness (QED) is 0.713. The first-order chi connectivity index (χ1) is 12.2. The molecule has 1 aromatic carbocycles. The molecule has 0 radical (unpaired) electrons. The Morgan fingerprint density at radius 3 is 2.19 bits per heavy atom. The van der Waals surface area contributed by atoms with E-state index in [4.69, 9.17) is 5.73 Å². The van der Waals surface area contributed by atoms with Crippen LogP contribution in [0, 0.1) is 5.92 Å². The molecule has 1 fully saturated rings. The molecule has 27 heavy (non-hydrogen) atoms. The molecule has 0 atom stereocenters. The van der Waals surface area contributed by atoms with Crippen LogP contribution in [-0.4, -0.2) is 43.8 Å². The van der Waals surface area contributed by atoms with Crippen LogP contribution in [0.25, 0.3) is 0 Å². The minimum Gasteiger partial charge on any atom is -0.350 e. The van der Waals surface area contributed by atoms with Crippen molar-refractivity contribution in [2.75, 3.05) is 19.6 Å². The van der Waals surface area contributed by atoms with E-state index >= 15 is 0 Å². The van der Waals surface area contributed by atoms with Gasteiger partial charge in [-0.25, -0.2) is 8.42 Å². The average Bonchev–Trinajstić information content (AvgIpc) is 2.66. The van der Waals surface area contributed by atoms with Crippen LogP contribution in [-0.2, 0) is 10.0 Å². The third kappa shape index (κ3) is 5.91. The summed E-state index contributed by atoms with van der Waals surface area (Å²) in [6, 6.07) is 6.14. The highest BCUT2D eigenvalue weighted by molar-refractivity contribution is 7.89. The predicted molar refractivity (Wildman–Crippen MR) is 111 cm³/mol. The topological polar surface area (TPSA) is 92.5 Å². The summed E-state index contributed by atoms with van der Waals surface area (Å²) in [5, 5.41) is 2.84. The van der Waals surface area contributed by atoms with Crippen molar-refractivity contribution in [3.63, 3.8) is 0 Å². The largest absolute Gasteiger partial charge is 0.350 e. The molecule has 0 aliphatic carbocycles. The molecule has 6 nitrogen and oxygen atoms in total. The zero-order valence-electron chi connectivity index (χ0n) is 16.4. The van der Waals surface area contributed by atoms with Crippen molar-refractivity contribution in [3.05, 3.63) is 29.8 Å². The molecule has 0 unspecified atom stereocenters. The fourth-order valence-corrected chi connectivity index (χ4v) is 4.48. The van der Waals surface area contributed by atoms with Gasteiger partial charge in [-0.05, 0) is 55.9 Å². The van der Waals surface area contributed by atoms with E-state index in [0.717, 1.165) is 25.7 Å². The Bertz CT molecular complexity index is 710. The van der Waals surface area contributed by atoms with E-state index in [1.54, 1.807) is 12.1 Å². The van der Waals surface area contributed by atoms with E-state index in [9.17, 15) is 13.2 Å². The van der Waals surface area contributed by atoms with Crippen LogP contribution >= 0.6 is 12.4 Å². The number of carbonyl (C=O) groups is 1. The number of carbonyl (C=O) groups excluding carboxylic acids is 1. The Balaban J connectivity index is 0.00000364. The lowest BCUT2D eigenvalue weighted by Crippen LogP contribution is -2.49.